The minimum Gasteiger partial charge on any atom is -0.492 e. The molecule has 0 spiro atoms. The Morgan fingerprint density at radius 2 is 1.55 bits per heavy atom. The number of ether oxygens (including phenoxy) is 1. The molecule has 0 atom stereocenters. The Morgan fingerprint density at radius 1 is 0.818 bits per heavy atom. The molecule has 0 fully saturated rings. The number of carbonyl (C=O) groups is 2. The van der Waals surface area contributed by atoms with Crippen LogP contribution in [0.15, 0.2) is 113 Å². The Bertz CT molecular complexity index is 2340. The first-order valence-corrected chi connectivity index (χ1v) is 25.2. The number of halogens is 3. The molecule has 3 aliphatic rings. The van der Waals surface area contributed by atoms with Gasteiger partial charge in [-0.05, 0) is 132 Å². The Kier molecular flexibility index (Phi) is 18.6. The summed E-state index contributed by atoms with van der Waals surface area (Å²) in [6, 6.07) is 22.6. The van der Waals surface area contributed by atoms with Gasteiger partial charge >= 0.3 is 5.97 Å². The van der Waals surface area contributed by atoms with Gasteiger partial charge in [-0.2, -0.15) is 4.58 Å². The zero-order chi connectivity index (χ0) is 47.3. The number of rotatable bonds is 24. The van der Waals surface area contributed by atoms with Crippen LogP contribution in [0.2, 0.25) is 10.0 Å². The number of nitrogens with zero attached hydrogens (tertiary/aromatic N) is 3. The molecule has 0 aromatic heterocycles. The van der Waals surface area contributed by atoms with Crippen LogP contribution in [-0.4, -0.2) is 78.5 Å². The van der Waals surface area contributed by atoms with Crippen molar-refractivity contribution in [1.29, 1.82) is 0 Å². The number of benzene rings is 3. The lowest BCUT2D eigenvalue weighted by Crippen LogP contribution is -2.29. The van der Waals surface area contributed by atoms with Crippen LogP contribution in [0.3, 0.4) is 0 Å². The zero-order valence-corrected chi connectivity index (χ0v) is 42.0. The van der Waals surface area contributed by atoms with Gasteiger partial charge in [0, 0.05) is 83.5 Å². The van der Waals surface area contributed by atoms with Crippen molar-refractivity contribution in [1.82, 2.24) is 10.2 Å². The molecule has 11 heteroatoms. The molecule has 0 unspecified atom stereocenters. The molecule has 0 saturated carbocycles. The molecule has 3 aromatic carbocycles. The number of carboxylic acid groups (broad SMARTS) is 1. The van der Waals surface area contributed by atoms with Crippen LogP contribution in [0.5, 0.6) is 5.75 Å². The lowest BCUT2D eigenvalue weighted by molar-refractivity contribution is -0.438. The molecule has 2 N–H and O–H groups in total. The monoisotopic (exact) mass is 955 g/mol. The van der Waals surface area contributed by atoms with E-state index in [1.807, 2.05) is 0 Å². The Balaban J connectivity index is 1.02. The summed E-state index contributed by atoms with van der Waals surface area (Å²) >= 11 is 19.5. The summed E-state index contributed by atoms with van der Waals surface area (Å²) in [5.41, 5.74) is 9.61. The topological polar surface area (TPSA) is 85.1 Å². The Morgan fingerprint density at radius 3 is 2.33 bits per heavy atom. The first-order chi connectivity index (χ1) is 31.7. The van der Waals surface area contributed by atoms with Crippen molar-refractivity contribution in [2.45, 2.75) is 122 Å². The average Bonchev–Trinajstić information content (AvgIpc) is 3.63. The quantitative estimate of drug-likeness (QED) is 0.0687. The van der Waals surface area contributed by atoms with Crippen LogP contribution in [0, 0.1) is 0 Å². The fourth-order valence-electron chi connectivity index (χ4n) is 9.67. The van der Waals surface area contributed by atoms with Gasteiger partial charge in [0.05, 0.1) is 17.0 Å². The highest BCUT2D eigenvalue weighted by atomic mass is 35.5. The van der Waals surface area contributed by atoms with Gasteiger partial charge in [-0.1, -0.05) is 104 Å². The maximum absolute atomic E-state index is 12.7. The highest BCUT2D eigenvalue weighted by molar-refractivity contribution is 6.35. The molecule has 8 nitrogen and oxygen atoms in total. The summed E-state index contributed by atoms with van der Waals surface area (Å²) in [5.74, 6) is 0.0357. The second-order valence-corrected chi connectivity index (χ2v) is 20.3. The van der Waals surface area contributed by atoms with Gasteiger partial charge in [0.1, 0.15) is 12.3 Å². The van der Waals surface area contributed by atoms with Crippen molar-refractivity contribution in [3.63, 3.8) is 0 Å². The first kappa shape index (κ1) is 51.1. The predicted molar refractivity (Wildman–Crippen MR) is 274 cm³/mol. The summed E-state index contributed by atoms with van der Waals surface area (Å²) in [5, 5.41) is 14.2. The Labute approximate surface area is 409 Å². The molecule has 0 radical (unpaired) electrons. The van der Waals surface area contributed by atoms with E-state index in [0.29, 0.717) is 41.8 Å². The lowest BCUT2D eigenvalue weighted by Gasteiger charge is -2.27. The van der Waals surface area contributed by atoms with Gasteiger partial charge in [0.2, 0.25) is 11.6 Å². The molecular weight excluding hydrogens is 887 g/mol. The van der Waals surface area contributed by atoms with Crippen molar-refractivity contribution < 1.29 is 24.0 Å². The van der Waals surface area contributed by atoms with Crippen LogP contribution in [-0.2, 0) is 20.4 Å². The number of carboxylic acids is 1. The Hall–Kier alpha value is -4.34. The van der Waals surface area contributed by atoms with Crippen LogP contribution in [0.4, 0.5) is 11.4 Å². The number of para-hydroxylation sites is 2. The van der Waals surface area contributed by atoms with Crippen LogP contribution < -0.4 is 15.0 Å². The van der Waals surface area contributed by atoms with E-state index in [4.69, 9.17) is 44.6 Å². The lowest BCUT2D eigenvalue weighted by atomic mass is 9.81. The number of nitrogens with one attached hydrogen (secondary N) is 1. The molecule has 3 aromatic rings. The number of fused-ring (bicyclic) bond motifs is 2. The molecule has 354 valence electrons. The summed E-state index contributed by atoms with van der Waals surface area (Å²) in [6.45, 7) is 14.0. The number of unbranched alkanes of at least 4 members (excludes halogenated alkanes) is 4. The summed E-state index contributed by atoms with van der Waals surface area (Å²) in [6.07, 6.45) is 19.8. The van der Waals surface area contributed by atoms with E-state index >= 15 is 0 Å². The summed E-state index contributed by atoms with van der Waals surface area (Å²) < 4.78 is 8.28. The molecular formula is C55H70Cl3N4O4+. The second-order valence-electron chi connectivity index (χ2n) is 19.0. The highest BCUT2D eigenvalue weighted by Gasteiger charge is 2.44. The van der Waals surface area contributed by atoms with E-state index in [1.54, 1.807) is 18.2 Å². The molecule has 2 heterocycles. The zero-order valence-electron chi connectivity index (χ0n) is 39.7. The van der Waals surface area contributed by atoms with Crippen LogP contribution in [0.1, 0.15) is 122 Å². The maximum Gasteiger partial charge on any atom is 0.303 e. The van der Waals surface area contributed by atoms with Gasteiger partial charge in [0.25, 0.3) is 0 Å². The third kappa shape index (κ3) is 13.2. The van der Waals surface area contributed by atoms with Crippen molar-refractivity contribution in [2.24, 2.45) is 0 Å². The average molecular weight is 958 g/mol. The molecule has 0 saturated heterocycles. The van der Waals surface area contributed by atoms with Gasteiger partial charge in [-0.25, -0.2) is 0 Å². The first-order valence-electron chi connectivity index (χ1n) is 24.0. The van der Waals surface area contributed by atoms with Crippen molar-refractivity contribution >= 4 is 63.8 Å². The molecule has 2 aliphatic heterocycles. The van der Waals surface area contributed by atoms with Gasteiger partial charge < -0.3 is 25.0 Å². The second kappa shape index (κ2) is 24.1. The summed E-state index contributed by atoms with van der Waals surface area (Å²) in [7, 11) is 2.09. The highest BCUT2D eigenvalue weighted by Crippen LogP contribution is 2.48. The van der Waals surface area contributed by atoms with Crippen molar-refractivity contribution in [3.8, 4) is 5.75 Å². The third-order valence-electron chi connectivity index (χ3n) is 13.4. The predicted octanol–water partition coefficient (Wildman–Crippen LogP) is 13.3. The minimum absolute atomic E-state index is 0.121. The van der Waals surface area contributed by atoms with E-state index in [-0.39, 0.29) is 23.2 Å². The van der Waals surface area contributed by atoms with Crippen molar-refractivity contribution in [3.05, 3.63) is 134 Å². The fourth-order valence-corrected chi connectivity index (χ4v) is 10.4. The molecule has 1 aliphatic carbocycles. The SMILES string of the molecule is CN(CCCNC(=O)CCCCC[N+]1=C(/C=C/C2=C(Cl)C(=C/C=C3\N(CCCCCC(=O)O)c4ccccc4C3(C)C)/CCC2)C(C)(C)c2ccccc21)CCCOc1ccc(Cl)cc1Cl. The number of hydrogen-bond acceptors (Lipinski definition) is 5. The summed E-state index contributed by atoms with van der Waals surface area (Å²) in [4.78, 5) is 28.5. The molecule has 6 rings (SSSR count). The van der Waals surface area contributed by atoms with E-state index in [0.717, 1.165) is 101 Å². The van der Waals surface area contributed by atoms with E-state index in [9.17, 15) is 9.59 Å². The number of hydrogen-bond donors (Lipinski definition) is 2. The number of allylic oxidation sites excluding steroid dienone is 8. The van der Waals surface area contributed by atoms with Crippen LogP contribution >= 0.6 is 34.8 Å². The normalized spacial score (nSPS) is 17.7. The number of anilines is 1. The fraction of sp³-hybridized carbons (Fsp3) is 0.473. The minimum atomic E-state index is -0.732. The van der Waals surface area contributed by atoms with E-state index in [1.165, 1.54) is 39.5 Å². The van der Waals surface area contributed by atoms with E-state index < -0.39 is 5.97 Å². The number of amides is 1. The number of carbonyl (C=O) groups excluding carboxylic acids is 1. The largest absolute Gasteiger partial charge is 0.492 e. The number of aliphatic carboxylic acids is 1. The molecule has 0 bridgehead atoms. The van der Waals surface area contributed by atoms with E-state index in [2.05, 4.69) is 127 Å². The van der Waals surface area contributed by atoms with Gasteiger partial charge in [-0.3, -0.25) is 9.59 Å². The smallest absolute Gasteiger partial charge is 0.303 e. The van der Waals surface area contributed by atoms with Crippen molar-refractivity contribution in [2.75, 3.05) is 51.3 Å². The maximum atomic E-state index is 12.7. The standard InChI is InChI=1S/C55H69Cl3N4O4/c1-54(2)43-21-10-12-23-46(43)61(36-14-6-8-25-51(63)59-33-17-34-60(5)35-18-38-66-48-30-29-42(56)39-45(48)57)49(54)31-27-40-19-16-20-41(53(40)58)28-32-50-55(3,4)44-22-11-13-24-47(44)62(50)37-15-7-9-26-52(64)65/h10-13,21-24,27-32,39H,6-9,14-20,25-26,33-38H2,1-5H3,(H-,59,63,64,65)/p+1. The van der Waals surface area contributed by atoms with Crippen LogP contribution in [0.25, 0.3) is 0 Å². The molecule has 66 heavy (non-hydrogen) atoms. The van der Waals surface area contributed by atoms with Gasteiger partial charge in [0.15, 0.2) is 5.71 Å². The third-order valence-corrected chi connectivity index (χ3v) is 14.4. The molecule has 1 amide bonds. The van der Waals surface area contributed by atoms with Gasteiger partial charge in [-0.15, -0.1) is 0 Å².